The Balaban J connectivity index is 1.19. The molecule has 10 aromatic rings. The van der Waals surface area contributed by atoms with Crippen molar-refractivity contribution >= 4 is 77.7 Å². The Bertz CT molecular complexity index is 3470. The second-order valence-electron chi connectivity index (χ2n) is 18.9. The lowest BCUT2D eigenvalue weighted by atomic mass is 9.42. The fraction of sp³-hybridized carbons (Fsp3) is 0.100. The Hall–Kier alpha value is -7.14. The molecule has 0 saturated carbocycles. The lowest BCUT2D eigenvalue weighted by Gasteiger charge is -2.53. The maximum atomic E-state index is 2.74. The normalized spacial score (nSPS) is 14.3. The van der Waals surface area contributed by atoms with Crippen LogP contribution >= 0.6 is 11.3 Å². The zero-order chi connectivity index (χ0) is 42.9. The van der Waals surface area contributed by atoms with E-state index < -0.39 is 5.41 Å². The highest BCUT2D eigenvalue weighted by Gasteiger charge is 2.53. The first kappa shape index (κ1) is 37.4. The van der Waals surface area contributed by atoms with Gasteiger partial charge in [0, 0.05) is 54.0 Å². The van der Waals surface area contributed by atoms with Gasteiger partial charge in [-0.15, -0.1) is 11.3 Å². The second-order valence-corrected chi connectivity index (χ2v) is 20.0. The highest BCUT2D eigenvalue weighted by Crippen LogP contribution is 2.60. The summed E-state index contributed by atoms with van der Waals surface area (Å²) in [6, 6.07) is 76.0. The molecule has 0 N–H and O–H groups in total. The smallest absolute Gasteiger partial charge is 0.333 e. The molecule has 0 aliphatic carbocycles. The Morgan fingerprint density at radius 2 is 1.16 bits per heavy atom. The number of benzene rings is 9. The third-order valence-electron chi connectivity index (χ3n) is 14.3. The van der Waals surface area contributed by atoms with Crippen molar-refractivity contribution < 1.29 is 0 Å². The molecular formula is C60H45BN2S. The van der Waals surface area contributed by atoms with E-state index in [1.807, 2.05) is 11.3 Å². The van der Waals surface area contributed by atoms with Gasteiger partial charge in [0.05, 0.1) is 11.1 Å². The number of rotatable bonds is 4. The summed E-state index contributed by atoms with van der Waals surface area (Å²) in [6.45, 7) is 9.13. The molecule has 0 radical (unpaired) electrons. The van der Waals surface area contributed by atoms with Crippen molar-refractivity contribution in [3.63, 3.8) is 0 Å². The summed E-state index contributed by atoms with van der Waals surface area (Å²) < 4.78 is 2.62. The molecular weight excluding hydrogens is 792 g/mol. The van der Waals surface area contributed by atoms with Crippen LogP contribution in [-0.2, 0) is 10.8 Å². The molecule has 0 bridgehead atoms. The predicted molar refractivity (Wildman–Crippen MR) is 274 cm³/mol. The van der Waals surface area contributed by atoms with Gasteiger partial charge in [0.15, 0.2) is 0 Å². The number of nitrogens with zero attached hydrogens (tertiary/aromatic N) is 2. The second kappa shape index (κ2) is 13.7. The van der Waals surface area contributed by atoms with Crippen LogP contribution in [0.25, 0.3) is 42.4 Å². The standard InChI is InChI=1S/C60H45BN2S/c1-38-33-47-44-26-18-28-49-58(44)63(52-29-16-15-27-48(52)60(49,40-21-10-6-11-22-40)41-23-12-7-13-24-41)61-50-36-46-43-25-14-17-30-55(43)64-56(46)37-53(50)62(54(34-38)57(47)61)51-32-31-42(59(2,3)4)35-45(51)39-19-8-5-9-20-39/h5-37H,1-4H3. The van der Waals surface area contributed by atoms with Crippen LogP contribution in [0.4, 0.5) is 28.4 Å². The number of para-hydroxylation sites is 2. The first-order valence-electron chi connectivity index (χ1n) is 22.5. The maximum absolute atomic E-state index is 2.74. The molecule has 2 nitrogen and oxygen atoms in total. The average molecular weight is 837 g/mol. The van der Waals surface area contributed by atoms with Crippen molar-refractivity contribution in [2.24, 2.45) is 0 Å². The van der Waals surface area contributed by atoms with Gasteiger partial charge in [-0.2, -0.15) is 0 Å². The zero-order valence-corrected chi connectivity index (χ0v) is 37.2. The van der Waals surface area contributed by atoms with Crippen LogP contribution in [0.15, 0.2) is 200 Å². The van der Waals surface area contributed by atoms with Crippen LogP contribution in [0, 0.1) is 6.92 Å². The fourth-order valence-electron chi connectivity index (χ4n) is 11.5. The van der Waals surface area contributed by atoms with Crippen LogP contribution in [0.2, 0.25) is 0 Å². The van der Waals surface area contributed by atoms with Crippen molar-refractivity contribution in [1.29, 1.82) is 0 Å². The van der Waals surface area contributed by atoms with Crippen LogP contribution < -0.4 is 20.6 Å². The van der Waals surface area contributed by atoms with E-state index in [0.717, 1.165) is 0 Å². The summed E-state index contributed by atoms with van der Waals surface area (Å²) in [7, 11) is 0. The molecule has 304 valence electrons. The van der Waals surface area contributed by atoms with Gasteiger partial charge in [-0.1, -0.05) is 185 Å². The molecule has 3 aliphatic rings. The Morgan fingerprint density at radius 3 is 1.91 bits per heavy atom. The van der Waals surface area contributed by atoms with Gasteiger partial charge in [0.1, 0.15) is 0 Å². The lowest BCUT2D eigenvalue weighted by Crippen LogP contribution is -2.63. The van der Waals surface area contributed by atoms with E-state index in [2.05, 4.69) is 238 Å². The number of thiophene rings is 1. The minimum absolute atomic E-state index is 0.0174. The lowest BCUT2D eigenvalue weighted by molar-refractivity contribution is 0.590. The molecule has 0 unspecified atom stereocenters. The van der Waals surface area contributed by atoms with Crippen LogP contribution in [0.1, 0.15) is 54.2 Å². The Morgan fingerprint density at radius 1 is 0.484 bits per heavy atom. The number of hydrogen-bond donors (Lipinski definition) is 0. The minimum atomic E-state index is -0.554. The van der Waals surface area contributed by atoms with E-state index in [1.54, 1.807) is 0 Å². The molecule has 0 amide bonds. The highest BCUT2D eigenvalue weighted by molar-refractivity contribution is 7.26. The van der Waals surface area contributed by atoms with Gasteiger partial charge >= 0.3 is 6.85 Å². The van der Waals surface area contributed by atoms with Gasteiger partial charge < -0.3 is 9.71 Å². The van der Waals surface area contributed by atoms with Crippen LogP contribution in [-0.4, -0.2) is 6.85 Å². The summed E-state index contributed by atoms with van der Waals surface area (Å²) in [5.41, 5.74) is 21.0. The number of fused-ring (bicyclic) bond motifs is 9. The highest BCUT2D eigenvalue weighted by atomic mass is 32.1. The molecule has 0 saturated heterocycles. The van der Waals surface area contributed by atoms with E-state index >= 15 is 0 Å². The first-order chi connectivity index (χ1) is 31.3. The van der Waals surface area contributed by atoms with Crippen molar-refractivity contribution in [3.05, 3.63) is 234 Å². The van der Waals surface area contributed by atoms with E-state index in [9.17, 15) is 0 Å². The summed E-state index contributed by atoms with van der Waals surface area (Å²) >= 11 is 1.90. The molecule has 9 aromatic carbocycles. The third kappa shape index (κ3) is 5.15. The Kier molecular flexibility index (Phi) is 8.00. The SMILES string of the molecule is Cc1cc2c3c(c1)N(c1ccc(C(C)(C)C)cc1-c1ccccc1)c1cc4sc5ccccc5c4cc1B3N1c3ccccc3C(c3ccccc3)(c3ccccc3)c3cccc-2c31. The minimum Gasteiger partial charge on any atom is -0.376 e. The summed E-state index contributed by atoms with van der Waals surface area (Å²) in [4.78, 5) is 5.36. The fourth-order valence-corrected chi connectivity index (χ4v) is 12.7. The molecule has 4 heteroatoms. The largest absolute Gasteiger partial charge is 0.376 e. The average Bonchev–Trinajstić information content (AvgIpc) is 3.69. The molecule has 13 rings (SSSR count). The first-order valence-corrected chi connectivity index (χ1v) is 23.4. The zero-order valence-electron chi connectivity index (χ0n) is 36.4. The van der Waals surface area contributed by atoms with E-state index in [-0.39, 0.29) is 12.3 Å². The number of aryl methyl sites for hydroxylation is 1. The molecule has 0 fully saturated rings. The van der Waals surface area contributed by atoms with Crippen molar-refractivity contribution in [2.45, 2.75) is 38.5 Å². The van der Waals surface area contributed by atoms with E-state index in [1.165, 1.54) is 115 Å². The Labute approximate surface area is 379 Å². The van der Waals surface area contributed by atoms with Gasteiger partial charge in [0.2, 0.25) is 0 Å². The molecule has 3 aliphatic heterocycles. The van der Waals surface area contributed by atoms with Gasteiger partial charge in [-0.05, 0) is 104 Å². The van der Waals surface area contributed by atoms with E-state index in [0.29, 0.717) is 0 Å². The molecule has 0 spiro atoms. The monoisotopic (exact) mass is 836 g/mol. The number of hydrogen-bond acceptors (Lipinski definition) is 3. The van der Waals surface area contributed by atoms with Crippen molar-refractivity contribution in [2.75, 3.05) is 9.71 Å². The summed E-state index contributed by atoms with van der Waals surface area (Å²) in [5, 5.41) is 2.63. The van der Waals surface area contributed by atoms with Crippen LogP contribution in [0.5, 0.6) is 0 Å². The molecule has 1 aromatic heterocycles. The topological polar surface area (TPSA) is 6.48 Å². The number of anilines is 5. The third-order valence-corrected chi connectivity index (χ3v) is 15.4. The van der Waals surface area contributed by atoms with Gasteiger partial charge in [-0.25, -0.2) is 0 Å². The van der Waals surface area contributed by atoms with Gasteiger partial charge in [-0.3, -0.25) is 0 Å². The predicted octanol–water partition coefficient (Wildman–Crippen LogP) is 14.7. The maximum Gasteiger partial charge on any atom is 0.333 e. The van der Waals surface area contributed by atoms with Crippen molar-refractivity contribution in [3.8, 4) is 22.3 Å². The molecule has 4 heterocycles. The van der Waals surface area contributed by atoms with Crippen LogP contribution in [0.3, 0.4) is 0 Å². The molecule has 0 atom stereocenters. The van der Waals surface area contributed by atoms with E-state index in [4.69, 9.17) is 0 Å². The van der Waals surface area contributed by atoms with Gasteiger partial charge in [0.25, 0.3) is 0 Å². The quantitative estimate of drug-likeness (QED) is 0.163. The molecule has 64 heavy (non-hydrogen) atoms. The van der Waals surface area contributed by atoms with Crippen molar-refractivity contribution in [1.82, 2.24) is 0 Å². The summed E-state index contributed by atoms with van der Waals surface area (Å²) in [5.74, 6) is 0. The summed E-state index contributed by atoms with van der Waals surface area (Å²) in [6.07, 6.45) is 0.